The quantitative estimate of drug-likeness (QED) is 0.0838. The number of unbranched alkanes of at least 4 members (excludes halogenated alkanes) is 1. The minimum absolute atomic E-state index is 0.0771. The molecule has 2 aromatic carbocycles. The number of methoxy groups -OCH3 is 2. The van der Waals surface area contributed by atoms with Gasteiger partial charge in [-0.05, 0) is 79.5 Å². The fourth-order valence-corrected chi connectivity index (χ4v) is 6.51. The lowest BCUT2D eigenvalue weighted by atomic mass is 10.0. The van der Waals surface area contributed by atoms with Crippen molar-refractivity contribution < 1.29 is 33.4 Å². The number of likely N-dealkylation sites (tertiary alicyclic amines) is 1. The number of imidazole rings is 2. The second kappa shape index (κ2) is 18.9. The first-order valence-electron chi connectivity index (χ1n) is 18.7. The molecule has 1 aliphatic heterocycles. The average molecular weight is 757 g/mol. The van der Waals surface area contributed by atoms with Crippen LogP contribution in [0.25, 0.3) is 22.5 Å². The summed E-state index contributed by atoms with van der Waals surface area (Å²) < 4.78 is 15.6. The second-order valence-electron chi connectivity index (χ2n) is 14.2. The van der Waals surface area contributed by atoms with Gasteiger partial charge in [0, 0.05) is 25.1 Å². The zero-order valence-electron chi connectivity index (χ0n) is 32.3. The standard InChI is InChI=1S/C40H52N8O7/c1-24(2)34(46-39(51)53-5)37(49)41-19-8-7-14-33-42-22-31(44-33)27-11-9-12-29(21-27)55-28-17-15-26(16-18-28)30-23-43-36(45-30)32-13-10-20-48(32)38(50)35(25(3)4)47-40(52)54-6/h9,11-12,15-18,21-25,32,34-35H,7-8,10,13-14,19-20H2,1-6H3,(H,41,49)(H,42,44)(H,43,45)(H,46,51)(H,47,52). The Morgan fingerprint density at radius 1 is 0.818 bits per heavy atom. The van der Waals surface area contributed by atoms with Gasteiger partial charge >= 0.3 is 12.2 Å². The normalized spacial score (nSPS) is 15.1. The smallest absolute Gasteiger partial charge is 0.407 e. The highest BCUT2D eigenvalue weighted by molar-refractivity contribution is 5.87. The third kappa shape index (κ3) is 10.6. The zero-order chi connectivity index (χ0) is 39.5. The van der Waals surface area contributed by atoms with Crippen LogP contribution in [-0.4, -0.2) is 88.2 Å². The number of alkyl carbamates (subject to hydrolysis) is 2. The fourth-order valence-electron chi connectivity index (χ4n) is 6.51. The van der Waals surface area contributed by atoms with E-state index in [0.29, 0.717) is 36.8 Å². The number of aromatic amines is 2. The van der Waals surface area contributed by atoms with Gasteiger partial charge in [-0.25, -0.2) is 19.6 Å². The molecule has 0 saturated carbocycles. The van der Waals surface area contributed by atoms with Crippen LogP contribution in [0.1, 0.15) is 71.1 Å². The third-order valence-electron chi connectivity index (χ3n) is 9.56. The van der Waals surface area contributed by atoms with Crippen LogP contribution in [-0.2, 0) is 25.5 Å². The van der Waals surface area contributed by atoms with Crippen molar-refractivity contribution in [2.24, 2.45) is 11.8 Å². The number of nitrogens with one attached hydrogen (secondary N) is 5. The van der Waals surface area contributed by atoms with Crippen LogP contribution in [0.3, 0.4) is 0 Å². The Labute approximate surface area is 321 Å². The Hall–Kier alpha value is -5.86. The Morgan fingerprint density at radius 2 is 1.49 bits per heavy atom. The molecule has 1 fully saturated rings. The molecule has 4 aromatic rings. The topological polar surface area (TPSA) is 193 Å². The first-order valence-corrected chi connectivity index (χ1v) is 18.7. The van der Waals surface area contributed by atoms with Crippen LogP contribution >= 0.6 is 0 Å². The van der Waals surface area contributed by atoms with Crippen molar-refractivity contribution in [1.29, 1.82) is 0 Å². The van der Waals surface area contributed by atoms with E-state index in [1.807, 2.05) is 76.2 Å². The molecule has 0 aliphatic carbocycles. The Morgan fingerprint density at radius 3 is 2.18 bits per heavy atom. The Balaban J connectivity index is 1.13. The minimum Gasteiger partial charge on any atom is -0.457 e. The summed E-state index contributed by atoms with van der Waals surface area (Å²) >= 11 is 0. The molecule has 0 bridgehead atoms. The van der Waals surface area contributed by atoms with E-state index >= 15 is 0 Å². The number of nitrogens with zero attached hydrogens (tertiary/aromatic N) is 3. The minimum atomic E-state index is -0.694. The molecular formula is C40H52N8O7. The van der Waals surface area contributed by atoms with Crippen molar-refractivity contribution >= 4 is 24.0 Å². The number of hydrogen-bond donors (Lipinski definition) is 5. The van der Waals surface area contributed by atoms with E-state index in [-0.39, 0.29) is 29.7 Å². The van der Waals surface area contributed by atoms with Crippen LogP contribution in [0.15, 0.2) is 60.9 Å². The summed E-state index contributed by atoms with van der Waals surface area (Å²) in [5, 5.41) is 8.16. The van der Waals surface area contributed by atoms with Crippen LogP contribution in [0.2, 0.25) is 0 Å². The van der Waals surface area contributed by atoms with Crippen molar-refractivity contribution in [2.45, 2.75) is 77.9 Å². The lowest BCUT2D eigenvalue weighted by Crippen LogP contribution is -2.51. The van der Waals surface area contributed by atoms with Gasteiger partial charge in [0.15, 0.2) is 0 Å². The number of ether oxygens (including phenoxy) is 3. The number of aryl methyl sites for hydroxylation is 1. The summed E-state index contributed by atoms with van der Waals surface area (Å²) in [5.74, 6) is 2.33. The molecule has 0 spiro atoms. The number of carbonyl (C=O) groups is 4. The SMILES string of the molecule is COC(=O)NC(C(=O)NCCCCc1ncc(-c2cccc(Oc3ccc(-c4cnc(C5CCCN5C(=O)C(NC(=O)OC)C(C)C)[nH]4)cc3)c2)[nH]1)C(C)C. The van der Waals surface area contributed by atoms with Crippen LogP contribution in [0, 0.1) is 11.8 Å². The number of amides is 4. The van der Waals surface area contributed by atoms with Gasteiger partial charge in [-0.15, -0.1) is 0 Å². The highest BCUT2D eigenvalue weighted by atomic mass is 16.5. The molecule has 55 heavy (non-hydrogen) atoms. The summed E-state index contributed by atoms with van der Waals surface area (Å²) in [6.45, 7) is 8.59. The maximum absolute atomic E-state index is 13.5. The largest absolute Gasteiger partial charge is 0.457 e. The molecule has 15 nitrogen and oxygen atoms in total. The van der Waals surface area contributed by atoms with E-state index in [9.17, 15) is 19.2 Å². The first kappa shape index (κ1) is 40.3. The summed E-state index contributed by atoms with van der Waals surface area (Å²) in [6.07, 6.45) is 6.21. The van der Waals surface area contributed by atoms with Gasteiger partial charge in [-0.2, -0.15) is 0 Å². The van der Waals surface area contributed by atoms with E-state index in [1.165, 1.54) is 14.2 Å². The average Bonchev–Trinajstić information content (AvgIpc) is 3.97. The lowest BCUT2D eigenvalue weighted by Gasteiger charge is -2.30. The lowest BCUT2D eigenvalue weighted by molar-refractivity contribution is -0.135. The number of H-pyrrole nitrogens is 2. The predicted molar refractivity (Wildman–Crippen MR) is 206 cm³/mol. The number of carbonyl (C=O) groups excluding carboxylic acids is 4. The number of benzene rings is 2. The van der Waals surface area contributed by atoms with E-state index in [1.54, 1.807) is 17.3 Å². The summed E-state index contributed by atoms with van der Waals surface area (Å²) in [4.78, 5) is 67.3. The van der Waals surface area contributed by atoms with E-state index < -0.39 is 24.3 Å². The van der Waals surface area contributed by atoms with Crippen LogP contribution in [0.5, 0.6) is 11.5 Å². The maximum Gasteiger partial charge on any atom is 0.407 e. The molecule has 3 atom stereocenters. The molecule has 5 N–H and O–H groups in total. The van der Waals surface area contributed by atoms with Crippen molar-refractivity contribution in [2.75, 3.05) is 27.3 Å². The second-order valence-corrected chi connectivity index (χ2v) is 14.2. The molecule has 3 unspecified atom stereocenters. The van der Waals surface area contributed by atoms with Crippen molar-refractivity contribution in [3.05, 3.63) is 72.6 Å². The van der Waals surface area contributed by atoms with Gasteiger partial charge in [0.2, 0.25) is 11.8 Å². The van der Waals surface area contributed by atoms with E-state index in [0.717, 1.165) is 54.0 Å². The molecule has 1 saturated heterocycles. The summed E-state index contributed by atoms with van der Waals surface area (Å²) in [7, 11) is 2.55. The molecule has 4 amide bonds. The predicted octanol–water partition coefficient (Wildman–Crippen LogP) is 6.12. The third-order valence-corrected chi connectivity index (χ3v) is 9.56. The fraction of sp³-hybridized carbons (Fsp3) is 0.450. The van der Waals surface area contributed by atoms with Crippen molar-refractivity contribution in [1.82, 2.24) is 40.8 Å². The van der Waals surface area contributed by atoms with Gasteiger partial charge in [0.05, 0.1) is 44.0 Å². The summed E-state index contributed by atoms with van der Waals surface area (Å²) in [5.41, 5.74) is 3.55. The van der Waals surface area contributed by atoms with Crippen LogP contribution < -0.4 is 20.7 Å². The molecular weight excluding hydrogens is 704 g/mol. The number of hydrogen-bond acceptors (Lipinski definition) is 9. The van der Waals surface area contributed by atoms with Gasteiger partial charge in [0.25, 0.3) is 0 Å². The van der Waals surface area contributed by atoms with E-state index in [2.05, 4.69) is 40.6 Å². The van der Waals surface area contributed by atoms with Crippen molar-refractivity contribution in [3.8, 4) is 34.0 Å². The first-order chi connectivity index (χ1) is 26.5. The van der Waals surface area contributed by atoms with Gasteiger partial charge in [-0.3, -0.25) is 9.59 Å². The van der Waals surface area contributed by atoms with Gasteiger partial charge in [-0.1, -0.05) is 39.8 Å². The Bertz CT molecular complexity index is 1900. The zero-order valence-corrected chi connectivity index (χ0v) is 32.3. The Kier molecular flexibility index (Phi) is 13.9. The monoisotopic (exact) mass is 756 g/mol. The van der Waals surface area contributed by atoms with E-state index in [4.69, 9.17) is 9.47 Å². The van der Waals surface area contributed by atoms with Crippen LogP contribution in [0.4, 0.5) is 9.59 Å². The molecule has 294 valence electrons. The number of rotatable bonds is 16. The molecule has 0 radical (unpaired) electrons. The van der Waals surface area contributed by atoms with Gasteiger partial charge < -0.3 is 45.0 Å². The summed E-state index contributed by atoms with van der Waals surface area (Å²) in [6, 6.07) is 13.9. The molecule has 3 heterocycles. The van der Waals surface area contributed by atoms with Crippen molar-refractivity contribution in [3.63, 3.8) is 0 Å². The number of aromatic nitrogens is 4. The highest BCUT2D eigenvalue weighted by Gasteiger charge is 2.37. The molecule has 2 aromatic heterocycles. The van der Waals surface area contributed by atoms with Gasteiger partial charge in [0.1, 0.15) is 35.2 Å². The molecule has 5 rings (SSSR count). The maximum atomic E-state index is 13.5. The molecule has 15 heteroatoms. The highest BCUT2D eigenvalue weighted by Crippen LogP contribution is 2.33. The molecule has 1 aliphatic rings.